The van der Waals surface area contributed by atoms with Crippen LogP contribution in [0.3, 0.4) is 0 Å². The van der Waals surface area contributed by atoms with Crippen LogP contribution in [0.2, 0.25) is 5.02 Å². The average Bonchev–Trinajstić information content (AvgIpc) is 2.45. The van der Waals surface area contributed by atoms with Gasteiger partial charge in [-0.25, -0.2) is 0 Å². The van der Waals surface area contributed by atoms with Crippen molar-refractivity contribution in [3.63, 3.8) is 0 Å². The zero-order chi connectivity index (χ0) is 14.5. The summed E-state index contributed by atoms with van der Waals surface area (Å²) >= 11 is 6.04. The summed E-state index contributed by atoms with van der Waals surface area (Å²) in [4.78, 5) is 14.1. The number of hydrogen-bond acceptors (Lipinski definition) is 3. The Kier molecular flexibility index (Phi) is 5.26. The fourth-order valence-corrected chi connectivity index (χ4v) is 2.85. The summed E-state index contributed by atoms with van der Waals surface area (Å²) in [5.41, 5.74) is 1.46. The average molecular weight is 296 g/mol. The predicted molar refractivity (Wildman–Crippen MR) is 83.6 cm³/mol. The number of carbonyl (C=O) groups is 1. The van der Waals surface area contributed by atoms with Crippen molar-refractivity contribution in [1.82, 2.24) is 10.2 Å². The summed E-state index contributed by atoms with van der Waals surface area (Å²) in [6.07, 6.45) is 2.51. The number of hydrogen-bond donors (Lipinski definition) is 2. The van der Waals surface area contributed by atoms with E-state index < -0.39 is 0 Å². The second-order valence-corrected chi connectivity index (χ2v) is 5.83. The van der Waals surface area contributed by atoms with Gasteiger partial charge in [-0.3, -0.25) is 4.79 Å². The van der Waals surface area contributed by atoms with Crippen molar-refractivity contribution in [2.75, 3.05) is 39.0 Å². The Morgan fingerprint density at radius 2 is 2.30 bits per heavy atom. The second kappa shape index (κ2) is 6.95. The Bertz CT molecular complexity index is 478. The minimum atomic E-state index is -0.156. The van der Waals surface area contributed by atoms with E-state index in [9.17, 15) is 4.79 Å². The number of piperidine rings is 1. The van der Waals surface area contributed by atoms with Crippen molar-refractivity contribution < 1.29 is 4.79 Å². The van der Waals surface area contributed by atoms with E-state index in [4.69, 9.17) is 11.6 Å². The maximum absolute atomic E-state index is 11.7. The van der Waals surface area contributed by atoms with Gasteiger partial charge in [-0.15, -0.1) is 0 Å². The summed E-state index contributed by atoms with van der Waals surface area (Å²) < 4.78 is 0. The van der Waals surface area contributed by atoms with Gasteiger partial charge in [-0.05, 0) is 50.6 Å². The molecule has 0 saturated carbocycles. The third-order valence-corrected chi connectivity index (χ3v) is 4.08. The third kappa shape index (κ3) is 3.87. The van der Waals surface area contributed by atoms with Gasteiger partial charge in [0.2, 0.25) is 0 Å². The fourth-order valence-electron chi connectivity index (χ4n) is 2.65. The van der Waals surface area contributed by atoms with Crippen LogP contribution < -0.4 is 10.6 Å². The molecule has 20 heavy (non-hydrogen) atoms. The first kappa shape index (κ1) is 15.1. The first-order chi connectivity index (χ1) is 9.60. The predicted octanol–water partition coefficient (Wildman–Crippen LogP) is 2.45. The lowest BCUT2D eigenvalue weighted by atomic mass is 9.98. The molecule has 1 heterocycles. The molecule has 1 aromatic carbocycles. The van der Waals surface area contributed by atoms with Crippen molar-refractivity contribution in [3.05, 3.63) is 28.8 Å². The number of nitrogens with zero attached hydrogens (tertiary/aromatic N) is 1. The second-order valence-electron chi connectivity index (χ2n) is 5.43. The molecule has 1 aliphatic heterocycles. The van der Waals surface area contributed by atoms with Gasteiger partial charge in [0, 0.05) is 25.8 Å². The topological polar surface area (TPSA) is 44.4 Å². The summed E-state index contributed by atoms with van der Waals surface area (Å²) in [5, 5.41) is 6.50. The number of halogens is 1. The molecule has 2 rings (SSSR count). The van der Waals surface area contributed by atoms with Crippen LogP contribution in [-0.2, 0) is 0 Å². The first-order valence-corrected chi connectivity index (χ1v) is 7.42. The highest BCUT2D eigenvalue weighted by Crippen LogP contribution is 2.22. The van der Waals surface area contributed by atoms with Gasteiger partial charge in [0.1, 0.15) is 0 Å². The zero-order valence-corrected chi connectivity index (χ0v) is 12.8. The summed E-state index contributed by atoms with van der Waals surface area (Å²) in [6.45, 7) is 3.25. The normalized spacial score (nSPS) is 19.6. The van der Waals surface area contributed by atoms with E-state index in [-0.39, 0.29) is 5.91 Å². The minimum Gasteiger partial charge on any atom is -0.385 e. The largest absolute Gasteiger partial charge is 0.385 e. The molecule has 1 aromatic rings. The molecular formula is C15H22ClN3O. The van der Waals surface area contributed by atoms with Crippen molar-refractivity contribution in [2.45, 2.75) is 12.8 Å². The highest BCUT2D eigenvalue weighted by Gasteiger charge is 2.17. The van der Waals surface area contributed by atoms with Crippen LogP contribution in [-0.4, -0.2) is 44.5 Å². The van der Waals surface area contributed by atoms with Crippen molar-refractivity contribution >= 4 is 23.2 Å². The number of anilines is 1. The smallest absolute Gasteiger partial charge is 0.252 e. The molecular weight excluding hydrogens is 274 g/mol. The summed E-state index contributed by atoms with van der Waals surface area (Å²) in [7, 11) is 3.77. The van der Waals surface area contributed by atoms with Crippen molar-refractivity contribution in [2.24, 2.45) is 5.92 Å². The lowest BCUT2D eigenvalue weighted by molar-refractivity contribution is 0.0963. The molecule has 0 radical (unpaired) electrons. The highest BCUT2D eigenvalue weighted by molar-refractivity contribution is 6.34. The molecule has 0 bridgehead atoms. The van der Waals surface area contributed by atoms with E-state index in [1.807, 2.05) is 12.1 Å². The Morgan fingerprint density at radius 3 is 3.00 bits per heavy atom. The van der Waals surface area contributed by atoms with Crippen LogP contribution in [0.1, 0.15) is 23.2 Å². The van der Waals surface area contributed by atoms with Crippen LogP contribution in [0, 0.1) is 5.92 Å². The molecule has 0 spiro atoms. The number of rotatable bonds is 4. The van der Waals surface area contributed by atoms with Crippen LogP contribution >= 0.6 is 11.6 Å². The molecule has 1 saturated heterocycles. The molecule has 1 aliphatic rings. The van der Waals surface area contributed by atoms with E-state index in [0.717, 1.165) is 18.8 Å². The molecule has 5 heteroatoms. The Labute approximate surface area is 125 Å². The molecule has 4 nitrogen and oxygen atoms in total. The molecule has 1 atom stereocenters. The van der Waals surface area contributed by atoms with Crippen molar-refractivity contribution in [3.8, 4) is 0 Å². The Balaban J connectivity index is 1.97. The molecule has 110 valence electrons. The van der Waals surface area contributed by atoms with Gasteiger partial charge < -0.3 is 15.5 Å². The van der Waals surface area contributed by atoms with Crippen LogP contribution in [0.15, 0.2) is 18.2 Å². The maximum atomic E-state index is 11.7. The summed E-state index contributed by atoms with van der Waals surface area (Å²) in [5.74, 6) is 0.504. The summed E-state index contributed by atoms with van der Waals surface area (Å²) in [6, 6.07) is 5.50. The first-order valence-electron chi connectivity index (χ1n) is 7.04. The van der Waals surface area contributed by atoms with Gasteiger partial charge in [0.25, 0.3) is 5.91 Å². The van der Waals surface area contributed by atoms with E-state index in [1.165, 1.54) is 19.4 Å². The van der Waals surface area contributed by atoms with Crippen LogP contribution in [0.5, 0.6) is 0 Å². The zero-order valence-electron chi connectivity index (χ0n) is 12.1. The number of likely N-dealkylation sites (tertiary alicyclic amines) is 1. The van der Waals surface area contributed by atoms with E-state index in [2.05, 4.69) is 22.6 Å². The quantitative estimate of drug-likeness (QED) is 0.897. The number of amides is 1. The Hall–Kier alpha value is -1.26. The van der Waals surface area contributed by atoms with Gasteiger partial charge in [-0.2, -0.15) is 0 Å². The van der Waals surface area contributed by atoms with Gasteiger partial charge in [0.05, 0.1) is 10.6 Å². The number of benzene rings is 1. The van der Waals surface area contributed by atoms with Gasteiger partial charge in [0.15, 0.2) is 0 Å². The van der Waals surface area contributed by atoms with Crippen LogP contribution in [0.25, 0.3) is 0 Å². The molecule has 0 aliphatic carbocycles. The standard InChI is InChI=1S/C15H22ClN3O/c1-17-15(20)13-8-12(5-6-14(13)16)18-9-11-4-3-7-19(2)10-11/h5-6,8,11,18H,3-4,7,9-10H2,1-2H3,(H,17,20). The highest BCUT2D eigenvalue weighted by atomic mass is 35.5. The van der Waals surface area contributed by atoms with E-state index in [1.54, 1.807) is 13.1 Å². The monoisotopic (exact) mass is 295 g/mol. The minimum absolute atomic E-state index is 0.156. The van der Waals surface area contributed by atoms with Gasteiger partial charge in [-0.1, -0.05) is 11.6 Å². The molecule has 1 unspecified atom stereocenters. The Morgan fingerprint density at radius 1 is 1.50 bits per heavy atom. The molecule has 1 fully saturated rings. The molecule has 2 N–H and O–H groups in total. The molecule has 1 amide bonds. The molecule has 0 aromatic heterocycles. The lowest BCUT2D eigenvalue weighted by Crippen LogP contribution is -2.35. The van der Waals surface area contributed by atoms with Crippen LogP contribution in [0.4, 0.5) is 5.69 Å². The van der Waals surface area contributed by atoms with Crippen molar-refractivity contribution in [1.29, 1.82) is 0 Å². The van der Waals surface area contributed by atoms with E-state index in [0.29, 0.717) is 16.5 Å². The fraction of sp³-hybridized carbons (Fsp3) is 0.533. The third-order valence-electron chi connectivity index (χ3n) is 3.75. The number of carbonyl (C=O) groups excluding carboxylic acids is 1. The lowest BCUT2D eigenvalue weighted by Gasteiger charge is -2.30. The van der Waals surface area contributed by atoms with Gasteiger partial charge >= 0.3 is 0 Å². The van der Waals surface area contributed by atoms with E-state index >= 15 is 0 Å². The number of nitrogens with one attached hydrogen (secondary N) is 2. The SMILES string of the molecule is CNC(=O)c1cc(NCC2CCCN(C)C2)ccc1Cl. The maximum Gasteiger partial charge on any atom is 0.252 e.